The van der Waals surface area contributed by atoms with Crippen LogP contribution in [0.3, 0.4) is 0 Å². The molecule has 3 aromatic rings. The number of benzene rings is 1. The lowest BCUT2D eigenvalue weighted by molar-refractivity contribution is 0.386. The van der Waals surface area contributed by atoms with Gasteiger partial charge in [0, 0.05) is 24.8 Å². The van der Waals surface area contributed by atoms with E-state index >= 15 is 0 Å². The average molecular weight is 357 g/mol. The molecule has 0 bridgehead atoms. The van der Waals surface area contributed by atoms with E-state index < -0.39 is 5.82 Å². The average Bonchev–Trinajstić information content (AvgIpc) is 3.45. The summed E-state index contributed by atoms with van der Waals surface area (Å²) >= 11 is 5.96. The number of halogens is 2. The molecule has 1 aliphatic rings. The van der Waals surface area contributed by atoms with Crippen LogP contribution in [0.4, 0.5) is 4.39 Å². The number of hydrogen-bond acceptors (Lipinski definition) is 5. The molecule has 0 unspecified atom stereocenters. The van der Waals surface area contributed by atoms with E-state index in [0.29, 0.717) is 11.6 Å². The van der Waals surface area contributed by atoms with Crippen LogP contribution in [0.15, 0.2) is 43.0 Å². The van der Waals surface area contributed by atoms with Gasteiger partial charge in [0.1, 0.15) is 0 Å². The predicted octanol–water partition coefficient (Wildman–Crippen LogP) is 4.01. The Bertz CT molecular complexity index is 905. The van der Waals surface area contributed by atoms with Gasteiger partial charge in [-0.2, -0.15) is 0 Å². The molecule has 126 valence electrons. The predicted molar refractivity (Wildman–Crippen MR) is 91.1 cm³/mol. The molecule has 0 N–H and O–H groups in total. The molecule has 25 heavy (non-hydrogen) atoms. The highest BCUT2D eigenvalue weighted by molar-refractivity contribution is 6.31. The fourth-order valence-corrected chi connectivity index (χ4v) is 3.16. The van der Waals surface area contributed by atoms with E-state index in [1.165, 1.54) is 7.11 Å². The van der Waals surface area contributed by atoms with Gasteiger partial charge in [0.15, 0.2) is 23.2 Å². The molecule has 7 heteroatoms. The number of hydrogen-bond donors (Lipinski definition) is 0. The summed E-state index contributed by atoms with van der Waals surface area (Å²) in [7, 11) is 1.43. The van der Waals surface area contributed by atoms with Crippen LogP contribution >= 0.6 is 11.6 Å². The Morgan fingerprint density at radius 1 is 1.00 bits per heavy atom. The number of rotatable bonds is 4. The summed E-state index contributed by atoms with van der Waals surface area (Å²) < 4.78 is 18.9. The molecule has 1 aliphatic carbocycles. The van der Waals surface area contributed by atoms with Gasteiger partial charge in [-0.05, 0) is 47.6 Å². The van der Waals surface area contributed by atoms with Gasteiger partial charge >= 0.3 is 0 Å². The van der Waals surface area contributed by atoms with Gasteiger partial charge in [-0.1, -0.05) is 11.6 Å². The number of nitrogens with zero attached hydrogens (tertiary/aromatic N) is 4. The first kappa shape index (κ1) is 15.9. The van der Waals surface area contributed by atoms with Crippen molar-refractivity contribution in [3.63, 3.8) is 0 Å². The molecule has 5 nitrogen and oxygen atoms in total. The van der Waals surface area contributed by atoms with Crippen molar-refractivity contribution in [3.8, 4) is 17.4 Å². The third-order valence-electron chi connectivity index (χ3n) is 4.32. The maximum atomic E-state index is 13.8. The first-order valence-corrected chi connectivity index (χ1v) is 8.17. The van der Waals surface area contributed by atoms with Crippen LogP contribution in [0.25, 0.3) is 11.6 Å². The summed E-state index contributed by atoms with van der Waals surface area (Å²) in [4.78, 5) is 17.0. The van der Waals surface area contributed by atoms with E-state index in [1.807, 2.05) is 0 Å². The number of ether oxygens (including phenoxy) is 1. The summed E-state index contributed by atoms with van der Waals surface area (Å²) in [5.74, 6) is 1.18. The topological polar surface area (TPSA) is 60.8 Å². The Morgan fingerprint density at radius 3 is 2.32 bits per heavy atom. The molecule has 1 saturated carbocycles. The van der Waals surface area contributed by atoms with E-state index in [0.717, 1.165) is 17.5 Å². The molecule has 0 aliphatic heterocycles. The van der Waals surface area contributed by atoms with Gasteiger partial charge in [-0.15, -0.1) is 0 Å². The zero-order valence-electron chi connectivity index (χ0n) is 13.4. The van der Waals surface area contributed by atoms with Crippen LogP contribution < -0.4 is 4.74 Å². The molecule has 2 heterocycles. The quantitative estimate of drug-likeness (QED) is 0.707. The van der Waals surface area contributed by atoms with Gasteiger partial charge in [0.2, 0.25) is 0 Å². The molecule has 2 atom stereocenters. The Hall–Kier alpha value is -2.60. The summed E-state index contributed by atoms with van der Waals surface area (Å²) in [5.41, 5.74) is 1.99. The lowest BCUT2D eigenvalue weighted by Crippen LogP contribution is -1.96. The van der Waals surface area contributed by atoms with Gasteiger partial charge in [-0.25, -0.2) is 24.3 Å². The minimum Gasteiger partial charge on any atom is -0.494 e. The van der Waals surface area contributed by atoms with Gasteiger partial charge in [0.25, 0.3) is 0 Å². The first-order chi connectivity index (χ1) is 12.2. The van der Waals surface area contributed by atoms with Crippen LogP contribution in [0, 0.1) is 5.82 Å². The van der Waals surface area contributed by atoms with E-state index in [-0.39, 0.29) is 22.6 Å². The molecule has 1 fully saturated rings. The monoisotopic (exact) mass is 356 g/mol. The van der Waals surface area contributed by atoms with Gasteiger partial charge in [-0.3, -0.25) is 0 Å². The van der Waals surface area contributed by atoms with Crippen molar-refractivity contribution in [2.45, 2.75) is 18.3 Å². The zero-order valence-corrected chi connectivity index (χ0v) is 14.1. The van der Waals surface area contributed by atoms with Crippen LogP contribution in [-0.2, 0) is 0 Å². The van der Waals surface area contributed by atoms with Crippen molar-refractivity contribution in [1.82, 2.24) is 19.9 Å². The minimum absolute atomic E-state index is 0.0767. The zero-order chi connectivity index (χ0) is 17.4. The van der Waals surface area contributed by atoms with Crippen LogP contribution in [0.1, 0.15) is 29.4 Å². The maximum absolute atomic E-state index is 13.8. The largest absolute Gasteiger partial charge is 0.494 e. The first-order valence-electron chi connectivity index (χ1n) is 7.79. The van der Waals surface area contributed by atoms with Gasteiger partial charge in [0.05, 0.1) is 12.1 Å². The molecular weight excluding hydrogens is 343 g/mol. The standard InChI is InChI=1S/C18H14ClFN4O/c1-25-15-6-10(5-14(19)16(15)20)12-7-13(12)11-8-23-18(24-9-11)17-21-3-2-4-22-17/h2-6,8-9,12-13H,7H2,1H3/t12-,13+/m1/s1. The molecule has 2 aromatic heterocycles. The lowest BCUT2D eigenvalue weighted by atomic mass is 10.1. The molecule has 4 rings (SSSR count). The Morgan fingerprint density at radius 2 is 1.64 bits per heavy atom. The summed E-state index contributed by atoms with van der Waals surface area (Å²) in [6.07, 6.45) is 7.84. The van der Waals surface area contributed by atoms with Crippen LogP contribution in [-0.4, -0.2) is 27.0 Å². The normalized spacial score (nSPS) is 18.8. The minimum atomic E-state index is -0.527. The Labute approximate surface area is 148 Å². The molecule has 0 saturated heterocycles. The summed E-state index contributed by atoms with van der Waals surface area (Å²) in [6.45, 7) is 0. The second-order valence-corrected chi connectivity index (χ2v) is 6.29. The molecule has 0 amide bonds. The highest BCUT2D eigenvalue weighted by atomic mass is 35.5. The van der Waals surface area contributed by atoms with E-state index in [2.05, 4.69) is 19.9 Å². The highest BCUT2D eigenvalue weighted by Gasteiger charge is 2.40. The fraction of sp³-hybridized carbons (Fsp3) is 0.222. The van der Waals surface area contributed by atoms with Crippen molar-refractivity contribution in [2.24, 2.45) is 0 Å². The van der Waals surface area contributed by atoms with Crippen molar-refractivity contribution in [3.05, 3.63) is 65.0 Å². The van der Waals surface area contributed by atoms with Crippen LogP contribution in [0.2, 0.25) is 5.02 Å². The van der Waals surface area contributed by atoms with Crippen molar-refractivity contribution in [2.75, 3.05) is 7.11 Å². The Balaban J connectivity index is 1.55. The van der Waals surface area contributed by atoms with Crippen molar-refractivity contribution < 1.29 is 9.13 Å². The van der Waals surface area contributed by atoms with E-state index in [9.17, 15) is 4.39 Å². The van der Waals surface area contributed by atoms with Crippen molar-refractivity contribution in [1.29, 1.82) is 0 Å². The van der Waals surface area contributed by atoms with Crippen molar-refractivity contribution >= 4 is 11.6 Å². The SMILES string of the molecule is COc1cc([C@H]2C[C@H]2c2cnc(-c3ncccn3)nc2)cc(Cl)c1F. The molecule has 0 spiro atoms. The second-order valence-electron chi connectivity index (χ2n) is 5.88. The summed E-state index contributed by atoms with van der Waals surface area (Å²) in [6, 6.07) is 5.12. The fourth-order valence-electron chi connectivity index (χ4n) is 2.94. The van der Waals surface area contributed by atoms with Gasteiger partial charge < -0.3 is 4.74 Å². The summed E-state index contributed by atoms with van der Waals surface area (Å²) in [5, 5.41) is 0.0767. The Kier molecular flexibility index (Phi) is 4.05. The molecule has 1 aromatic carbocycles. The third kappa shape index (κ3) is 3.05. The molecular formula is C18H14ClFN4O. The maximum Gasteiger partial charge on any atom is 0.197 e. The number of aromatic nitrogens is 4. The van der Waals surface area contributed by atoms with Crippen LogP contribution in [0.5, 0.6) is 5.75 Å². The second kappa shape index (κ2) is 6.37. The smallest absolute Gasteiger partial charge is 0.197 e. The lowest BCUT2D eigenvalue weighted by Gasteiger charge is -2.08. The highest BCUT2D eigenvalue weighted by Crippen LogP contribution is 2.55. The van der Waals surface area contributed by atoms with E-state index in [4.69, 9.17) is 16.3 Å². The molecule has 0 radical (unpaired) electrons. The third-order valence-corrected chi connectivity index (χ3v) is 4.60. The van der Waals surface area contributed by atoms with E-state index in [1.54, 1.807) is 43.0 Å². The number of methoxy groups -OCH3 is 1.